The van der Waals surface area contributed by atoms with Gasteiger partial charge >= 0.3 is 17.8 Å². The minimum absolute atomic E-state index is 0.0630. The molecule has 0 spiro atoms. The summed E-state index contributed by atoms with van der Waals surface area (Å²) in [5.41, 5.74) is 10.8. The number of aromatic amines is 6. The zero-order valence-electron chi connectivity index (χ0n) is 42.7. The summed E-state index contributed by atoms with van der Waals surface area (Å²) in [4.78, 5) is 29.3. The van der Waals surface area contributed by atoms with E-state index in [0.717, 1.165) is 39.3 Å². The summed E-state index contributed by atoms with van der Waals surface area (Å²) >= 11 is 0. The van der Waals surface area contributed by atoms with E-state index in [9.17, 15) is 0 Å². The molecule has 0 amide bonds. The molecule has 0 unspecified atom stereocenters. The van der Waals surface area contributed by atoms with Crippen LogP contribution in [0.3, 0.4) is 0 Å². The van der Waals surface area contributed by atoms with Gasteiger partial charge in [-0.25, -0.2) is 10.2 Å². The van der Waals surface area contributed by atoms with Gasteiger partial charge in [0.25, 0.3) is 41.6 Å². The van der Waals surface area contributed by atoms with Crippen LogP contribution in [0, 0.1) is 10.8 Å². The Morgan fingerprint density at radius 3 is 1.39 bits per heavy atom. The summed E-state index contributed by atoms with van der Waals surface area (Å²) in [6, 6.07) is 0. The molecule has 0 fully saturated rings. The van der Waals surface area contributed by atoms with Crippen LogP contribution in [-0.2, 0) is 19.3 Å². The van der Waals surface area contributed by atoms with E-state index in [2.05, 4.69) is 218 Å². The van der Waals surface area contributed by atoms with Crippen molar-refractivity contribution in [1.82, 2.24) is 168 Å². The summed E-state index contributed by atoms with van der Waals surface area (Å²) in [6.07, 6.45) is 0.724. The second-order valence-corrected chi connectivity index (χ2v) is 14.5. The summed E-state index contributed by atoms with van der Waals surface area (Å²) in [7, 11) is 0. The first-order chi connectivity index (χ1) is 38.5. The van der Waals surface area contributed by atoms with Gasteiger partial charge in [0.15, 0.2) is 17.5 Å². The largest absolute Gasteiger partial charge is 0.585 e. The summed E-state index contributed by atoms with van der Waals surface area (Å²) in [5, 5.41) is 132. The second-order valence-electron chi connectivity index (χ2n) is 14.5. The van der Waals surface area contributed by atoms with Crippen LogP contribution in [0.15, 0.2) is 20.7 Å². The number of rotatable bonds is 22. The standard InChI is InChI=1S/C15H25N17.C7H4N15.C7H9N13.C4H11N/c1-5-31(6-2)29-27-13-16-10(19-23-13)9-11-20-24-14(25-21-11)17-12-18-15(26-22-12)28-30-32(7-3)8-4;8-13-5-10-2(15-19-5)1-3-16-21-7(22-17-3)12-4-11-6(14-9)20-18-4;8-4-10-2(13-16-4)1-3-14-19-7(20-15-3)12-6-11-5(9)17-18-6;1-3-5-4-2/h5-9H2,1-4H3,(H,16,19,23)(H2,17,18,22,24,25,26);8H,1H2,(H,10,15,19);1H2,(H3,8,10,13,16)(H4,9,11,12,17,18,19,20);5H,3-4H2,1-2H3/q;+1;;/p+1. The van der Waals surface area contributed by atoms with Crippen molar-refractivity contribution in [2.75, 3.05) is 66.7 Å². The maximum Gasteiger partial charge on any atom is 0.585 e. The number of aromatic nitrogens is 30. The first kappa shape index (κ1) is 56.6. The normalized spacial score (nSPS) is 10.6. The molecule has 0 saturated heterocycles. The lowest BCUT2D eigenvalue weighted by molar-refractivity contribution is 0.300. The molecule has 46 heteroatoms. The SMILES string of the molecule is CCN(CC)N=Nc1n[nH]c(Cc2nnc(Nc3n[nH]c(N=NN(CC)CC)n3)nn2)n1.CCNCC.N#[N+]c1n[nH]c(Cc2nnc(Nc3nc([N+]#N)n[nH]3)nn2)n1.Nc1n[nH]c(Cc2nnc(Nc3n[nH]c(N)n3)nn2)n1. The molecule has 79 heavy (non-hydrogen) atoms. The number of nitrogen functional groups attached to an aromatic ring is 2. The van der Waals surface area contributed by atoms with Gasteiger partial charge in [-0.3, -0.25) is 36.2 Å². The van der Waals surface area contributed by atoms with E-state index in [1.54, 1.807) is 10.0 Å². The van der Waals surface area contributed by atoms with Crippen LogP contribution in [0.5, 0.6) is 0 Å². The molecule has 0 aliphatic carbocycles. The van der Waals surface area contributed by atoms with Gasteiger partial charge in [0, 0.05) is 36.4 Å². The van der Waals surface area contributed by atoms with Gasteiger partial charge in [-0.15, -0.1) is 81.6 Å². The molecule has 0 aliphatic rings. The van der Waals surface area contributed by atoms with Gasteiger partial charge in [-0.05, 0) is 60.7 Å². The maximum absolute atomic E-state index is 8.49. The van der Waals surface area contributed by atoms with Crippen molar-refractivity contribution >= 4 is 71.4 Å². The molecular formula is C33H50N46+2. The van der Waals surface area contributed by atoms with Crippen molar-refractivity contribution in [2.45, 2.75) is 60.8 Å². The fraction of sp³-hybridized carbons (Fsp3) is 0.455. The van der Waals surface area contributed by atoms with Gasteiger partial charge in [0.05, 0.1) is 30.0 Å². The summed E-state index contributed by atoms with van der Waals surface area (Å²) < 4.78 is 0. The van der Waals surface area contributed by atoms with Crippen LogP contribution in [-0.4, -0.2) is 202 Å². The Morgan fingerprint density at radius 2 is 0.924 bits per heavy atom. The first-order valence-electron chi connectivity index (χ1n) is 23.3. The van der Waals surface area contributed by atoms with E-state index < -0.39 is 0 Å². The van der Waals surface area contributed by atoms with Gasteiger partial charge < -0.3 is 16.8 Å². The fourth-order valence-electron chi connectivity index (χ4n) is 5.27. The van der Waals surface area contributed by atoms with E-state index in [4.69, 9.17) is 22.3 Å². The Hall–Kier alpha value is -11.7. The van der Waals surface area contributed by atoms with E-state index >= 15 is 0 Å². The smallest absolute Gasteiger partial charge is 0.368 e. The predicted molar refractivity (Wildman–Crippen MR) is 267 cm³/mol. The highest BCUT2D eigenvalue weighted by Gasteiger charge is 2.19. The third-order valence-electron chi connectivity index (χ3n) is 8.92. The third kappa shape index (κ3) is 18.9. The molecule has 0 aliphatic heterocycles. The molecule has 0 radical (unpaired) electrons. The van der Waals surface area contributed by atoms with Crippen LogP contribution in [0.4, 0.5) is 71.4 Å². The number of nitrogens with two attached hydrogens (primary N) is 2. The highest BCUT2D eigenvalue weighted by molar-refractivity contribution is 5.44. The molecule has 0 saturated carbocycles. The Bertz CT molecular complexity index is 3080. The van der Waals surface area contributed by atoms with Crippen molar-refractivity contribution < 1.29 is 0 Å². The van der Waals surface area contributed by atoms with Crippen LogP contribution in [0.1, 0.15) is 76.5 Å². The molecule has 0 bridgehead atoms. The highest BCUT2D eigenvalue weighted by Crippen LogP contribution is 2.14. The van der Waals surface area contributed by atoms with Gasteiger partial charge in [-0.1, -0.05) is 34.5 Å². The maximum atomic E-state index is 8.49. The third-order valence-corrected chi connectivity index (χ3v) is 8.92. The lowest BCUT2D eigenvalue weighted by Crippen LogP contribution is -2.14. The number of diazo groups is 2. The van der Waals surface area contributed by atoms with Gasteiger partial charge in [0.2, 0.25) is 17.7 Å². The highest BCUT2D eigenvalue weighted by atomic mass is 15.6. The average molecular weight is 1090 g/mol. The van der Waals surface area contributed by atoms with Crippen molar-refractivity contribution in [3.8, 4) is 0 Å². The Labute approximate surface area is 442 Å². The lowest BCUT2D eigenvalue weighted by Gasteiger charge is -2.10. The number of hydrogen-bond acceptors (Lipinski definition) is 36. The number of hydrogen-bond donors (Lipinski definition) is 12. The molecule has 9 aromatic rings. The van der Waals surface area contributed by atoms with E-state index in [1.807, 2.05) is 27.7 Å². The number of nitrogens with zero attached hydrogens (tertiary/aromatic N) is 34. The molecule has 9 aromatic heterocycles. The molecule has 0 atom stereocenters. The summed E-state index contributed by atoms with van der Waals surface area (Å²) in [6.45, 7) is 17.3. The molecular weight excluding hydrogens is 1040 g/mol. The van der Waals surface area contributed by atoms with E-state index in [0.29, 0.717) is 29.1 Å². The molecule has 410 valence electrons. The topological polar surface area (TPSA) is 616 Å². The van der Waals surface area contributed by atoms with Crippen LogP contribution < -0.4 is 32.7 Å². The van der Waals surface area contributed by atoms with Crippen molar-refractivity contribution in [2.24, 2.45) is 20.7 Å². The molecule has 14 N–H and O–H groups in total. The Morgan fingerprint density at radius 1 is 0.456 bits per heavy atom. The zero-order valence-corrected chi connectivity index (χ0v) is 42.7. The number of nitrogens with one attached hydrogen (secondary N) is 10. The van der Waals surface area contributed by atoms with Crippen LogP contribution in [0.25, 0.3) is 9.95 Å². The Kier molecular flexibility index (Phi) is 21.4. The van der Waals surface area contributed by atoms with Gasteiger partial charge in [0.1, 0.15) is 11.6 Å². The summed E-state index contributed by atoms with van der Waals surface area (Å²) in [5.74, 6) is 3.91. The quantitative estimate of drug-likeness (QED) is 0.0240. The van der Waals surface area contributed by atoms with Crippen molar-refractivity contribution in [3.63, 3.8) is 0 Å². The second kappa shape index (κ2) is 29.8. The van der Waals surface area contributed by atoms with Crippen LogP contribution >= 0.6 is 0 Å². The van der Waals surface area contributed by atoms with Crippen LogP contribution in [0.2, 0.25) is 0 Å². The van der Waals surface area contributed by atoms with Crippen molar-refractivity contribution in [1.29, 1.82) is 10.8 Å². The first-order valence-corrected chi connectivity index (χ1v) is 23.3. The number of H-pyrrole nitrogens is 6. The van der Waals surface area contributed by atoms with E-state index in [-0.39, 0.29) is 96.5 Å². The molecule has 0 aromatic carbocycles. The Balaban J connectivity index is 0.000000189. The average Bonchev–Trinajstić information content (AvgIpc) is 4.37. The monoisotopic (exact) mass is 1090 g/mol. The van der Waals surface area contributed by atoms with E-state index in [1.165, 1.54) is 0 Å². The fourth-order valence-corrected chi connectivity index (χ4v) is 5.27. The number of anilines is 8. The minimum Gasteiger partial charge on any atom is -0.368 e. The van der Waals surface area contributed by atoms with Gasteiger partial charge in [-0.2, -0.15) is 30.1 Å². The predicted octanol–water partition coefficient (Wildman–Crippen LogP) is -0.0580. The van der Waals surface area contributed by atoms with Crippen molar-refractivity contribution in [3.05, 3.63) is 44.9 Å². The minimum atomic E-state index is -0.143. The molecule has 9 rings (SSSR count). The zero-order chi connectivity index (χ0) is 56.2. The molecule has 9 heterocycles. The lowest BCUT2D eigenvalue weighted by atomic mass is 10.4. The molecule has 46 nitrogen and oxygen atoms in total.